The molecule has 1 atom stereocenters. The van der Waals surface area contributed by atoms with Crippen LogP contribution < -0.4 is 0 Å². The van der Waals surface area contributed by atoms with Crippen molar-refractivity contribution >= 4 is 5.91 Å². The molecule has 0 spiro atoms. The summed E-state index contributed by atoms with van der Waals surface area (Å²) in [6, 6.07) is 0. The highest BCUT2D eigenvalue weighted by molar-refractivity contribution is 5.90. The fraction of sp³-hybridized carbons (Fsp3) is 0.786. The first-order valence-corrected chi connectivity index (χ1v) is 7.13. The highest BCUT2D eigenvalue weighted by atomic mass is 16.5. The molecule has 0 aromatic carbocycles. The predicted molar refractivity (Wildman–Crippen MR) is 77.0 cm³/mol. The second-order valence-electron chi connectivity index (χ2n) is 7.13. The number of aromatic amines is 1. The molecule has 21 heavy (non-hydrogen) atoms. The quantitative estimate of drug-likeness (QED) is 0.839. The van der Waals surface area contributed by atoms with Crippen molar-refractivity contribution in [3.63, 3.8) is 0 Å². The molecule has 2 heterocycles. The number of morpholine rings is 1. The topological polar surface area (TPSA) is 91.3 Å². The van der Waals surface area contributed by atoms with Gasteiger partial charge in [0.15, 0.2) is 0 Å². The zero-order chi connectivity index (χ0) is 15.8. The molecule has 1 aliphatic rings. The number of aliphatic hydroxyl groups excluding tert-OH is 1. The molecule has 2 rings (SSSR count). The van der Waals surface area contributed by atoms with Crippen LogP contribution >= 0.6 is 0 Å². The van der Waals surface area contributed by atoms with Crippen molar-refractivity contribution in [1.82, 2.24) is 20.1 Å². The molecule has 1 fully saturated rings. The van der Waals surface area contributed by atoms with Gasteiger partial charge in [-0.1, -0.05) is 20.8 Å². The van der Waals surface area contributed by atoms with E-state index in [1.165, 1.54) is 0 Å². The summed E-state index contributed by atoms with van der Waals surface area (Å²) >= 11 is 0. The van der Waals surface area contributed by atoms with Gasteiger partial charge in [0.25, 0.3) is 5.91 Å². The number of hydrogen-bond donors (Lipinski definition) is 2. The zero-order valence-corrected chi connectivity index (χ0v) is 13.3. The van der Waals surface area contributed by atoms with E-state index in [2.05, 4.69) is 15.2 Å². The van der Waals surface area contributed by atoms with E-state index in [-0.39, 0.29) is 29.9 Å². The van der Waals surface area contributed by atoms with Crippen molar-refractivity contribution in [2.24, 2.45) is 0 Å². The monoisotopic (exact) mass is 296 g/mol. The van der Waals surface area contributed by atoms with Crippen LogP contribution in [0.2, 0.25) is 0 Å². The van der Waals surface area contributed by atoms with E-state index in [1.807, 2.05) is 34.6 Å². The Morgan fingerprint density at radius 1 is 1.52 bits per heavy atom. The summed E-state index contributed by atoms with van der Waals surface area (Å²) in [7, 11) is 0. The Labute approximate surface area is 124 Å². The summed E-state index contributed by atoms with van der Waals surface area (Å²) in [6.45, 7) is 10.5. The second-order valence-corrected chi connectivity index (χ2v) is 7.13. The predicted octanol–water partition coefficient (Wildman–Crippen LogP) is 0.714. The van der Waals surface area contributed by atoms with Crippen molar-refractivity contribution in [1.29, 1.82) is 0 Å². The van der Waals surface area contributed by atoms with E-state index in [0.29, 0.717) is 18.9 Å². The number of hydrogen-bond acceptors (Lipinski definition) is 5. The first-order chi connectivity index (χ1) is 9.62. The molecule has 1 amide bonds. The van der Waals surface area contributed by atoms with Crippen molar-refractivity contribution in [2.45, 2.75) is 51.7 Å². The summed E-state index contributed by atoms with van der Waals surface area (Å²) in [5, 5.41) is 16.2. The van der Waals surface area contributed by atoms with E-state index in [1.54, 1.807) is 4.90 Å². The van der Waals surface area contributed by atoms with E-state index in [4.69, 9.17) is 4.74 Å². The SMILES string of the molecule is CC1(C)CN(C(=O)c2n[nH]c(C(C)(C)C)n2)CC(CO)O1. The Kier molecular flexibility index (Phi) is 4.08. The number of aromatic nitrogens is 3. The molecular formula is C14H24N4O3. The van der Waals surface area contributed by atoms with Crippen LogP contribution in [0.5, 0.6) is 0 Å². The van der Waals surface area contributed by atoms with Gasteiger partial charge < -0.3 is 14.7 Å². The Hall–Kier alpha value is -1.47. The van der Waals surface area contributed by atoms with Gasteiger partial charge in [0, 0.05) is 18.5 Å². The van der Waals surface area contributed by atoms with Crippen LogP contribution in [-0.2, 0) is 10.2 Å². The average molecular weight is 296 g/mol. The van der Waals surface area contributed by atoms with Crippen LogP contribution in [0.15, 0.2) is 0 Å². The maximum absolute atomic E-state index is 12.5. The number of aliphatic hydroxyl groups is 1. The third kappa shape index (κ3) is 3.59. The lowest BCUT2D eigenvalue weighted by atomic mass is 9.96. The molecular weight excluding hydrogens is 272 g/mol. The minimum Gasteiger partial charge on any atom is -0.394 e. The normalized spacial score (nSPS) is 22.4. The van der Waals surface area contributed by atoms with Crippen LogP contribution in [0.1, 0.15) is 51.1 Å². The maximum Gasteiger partial charge on any atom is 0.293 e. The van der Waals surface area contributed by atoms with Gasteiger partial charge in [-0.25, -0.2) is 4.98 Å². The lowest BCUT2D eigenvalue weighted by molar-refractivity contribution is -0.139. The summed E-state index contributed by atoms with van der Waals surface area (Å²) in [6.07, 6.45) is -0.376. The van der Waals surface area contributed by atoms with Crippen LogP contribution in [0.3, 0.4) is 0 Å². The molecule has 0 bridgehead atoms. The highest BCUT2D eigenvalue weighted by Gasteiger charge is 2.37. The Bertz CT molecular complexity index is 519. The second kappa shape index (κ2) is 5.38. The molecule has 2 N–H and O–H groups in total. The van der Waals surface area contributed by atoms with Crippen LogP contribution in [0, 0.1) is 0 Å². The summed E-state index contributed by atoms with van der Waals surface area (Å²) in [5.41, 5.74) is -0.687. The van der Waals surface area contributed by atoms with Gasteiger partial charge in [-0.3, -0.25) is 9.89 Å². The number of carbonyl (C=O) groups is 1. The molecule has 0 aliphatic carbocycles. The van der Waals surface area contributed by atoms with E-state index in [9.17, 15) is 9.90 Å². The molecule has 7 heteroatoms. The number of ether oxygens (including phenoxy) is 1. The smallest absolute Gasteiger partial charge is 0.293 e. The lowest BCUT2D eigenvalue weighted by Crippen LogP contribution is -2.55. The van der Waals surface area contributed by atoms with Gasteiger partial charge in [0.1, 0.15) is 5.82 Å². The molecule has 1 saturated heterocycles. The third-order valence-electron chi connectivity index (χ3n) is 3.36. The lowest BCUT2D eigenvalue weighted by Gasteiger charge is -2.41. The van der Waals surface area contributed by atoms with Crippen molar-refractivity contribution < 1.29 is 14.6 Å². The van der Waals surface area contributed by atoms with Crippen LogP contribution in [0.25, 0.3) is 0 Å². The Morgan fingerprint density at radius 2 is 2.19 bits per heavy atom. The number of nitrogens with one attached hydrogen (secondary N) is 1. The van der Waals surface area contributed by atoms with Gasteiger partial charge >= 0.3 is 0 Å². The van der Waals surface area contributed by atoms with Gasteiger partial charge in [-0.05, 0) is 13.8 Å². The Morgan fingerprint density at radius 3 is 2.71 bits per heavy atom. The summed E-state index contributed by atoms with van der Waals surface area (Å²) in [5.74, 6) is 0.600. The van der Waals surface area contributed by atoms with Crippen LogP contribution in [0.4, 0.5) is 0 Å². The van der Waals surface area contributed by atoms with Gasteiger partial charge in [0.2, 0.25) is 5.82 Å². The van der Waals surface area contributed by atoms with Crippen molar-refractivity contribution in [3.8, 4) is 0 Å². The molecule has 0 saturated carbocycles. The fourth-order valence-corrected chi connectivity index (χ4v) is 2.38. The molecule has 0 radical (unpaired) electrons. The van der Waals surface area contributed by atoms with Gasteiger partial charge in [0.05, 0.1) is 18.3 Å². The number of nitrogens with zero attached hydrogens (tertiary/aromatic N) is 3. The molecule has 1 aromatic heterocycles. The summed E-state index contributed by atoms with van der Waals surface area (Å²) < 4.78 is 5.71. The molecule has 118 valence electrons. The number of H-pyrrole nitrogens is 1. The molecule has 7 nitrogen and oxygen atoms in total. The average Bonchev–Trinajstić information content (AvgIpc) is 2.85. The van der Waals surface area contributed by atoms with Gasteiger partial charge in [-0.2, -0.15) is 0 Å². The molecule has 1 aliphatic heterocycles. The molecule has 1 aromatic rings. The molecule has 1 unspecified atom stereocenters. The maximum atomic E-state index is 12.5. The Balaban J connectivity index is 2.17. The van der Waals surface area contributed by atoms with E-state index >= 15 is 0 Å². The first kappa shape index (κ1) is 15.9. The van der Waals surface area contributed by atoms with Crippen molar-refractivity contribution in [2.75, 3.05) is 19.7 Å². The minimum atomic E-state index is -0.496. The third-order valence-corrected chi connectivity index (χ3v) is 3.36. The number of amides is 1. The van der Waals surface area contributed by atoms with Gasteiger partial charge in [-0.15, -0.1) is 5.10 Å². The summed E-state index contributed by atoms with van der Waals surface area (Å²) in [4.78, 5) is 18.5. The first-order valence-electron chi connectivity index (χ1n) is 7.13. The standard InChI is InChI=1S/C14H24N4O3/c1-13(2,3)12-15-10(16-17-12)11(20)18-6-9(7-19)21-14(4,5)8-18/h9,19H,6-8H2,1-5H3,(H,15,16,17). The fourth-order valence-electron chi connectivity index (χ4n) is 2.38. The van der Waals surface area contributed by atoms with Crippen molar-refractivity contribution in [3.05, 3.63) is 11.6 Å². The van der Waals surface area contributed by atoms with E-state index in [0.717, 1.165) is 0 Å². The largest absolute Gasteiger partial charge is 0.394 e. The minimum absolute atomic E-state index is 0.117. The number of rotatable bonds is 2. The highest BCUT2D eigenvalue weighted by Crippen LogP contribution is 2.23. The van der Waals surface area contributed by atoms with E-state index < -0.39 is 5.60 Å². The number of carbonyl (C=O) groups excluding carboxylic acids is 1. The van der Waals surface area contributed by atoms with Crippen LogP contribution in [-0.4, -0.2) is 62.5 Å². The zero-order valence-electron chi connectivity index (χ0n) is 13.3.